The first kappa shape index (κ1) is 20.1. The van der Waals surface area contributed by atoms with Crippen LogP contribution in [0.3, 0.4) is 0 Å². The lowest BCUT2D eigenvalue weighted by Crippen LogP contribution is -2.36. The van der Waals surface area contributed by atoms with Gasteiger partial charge in [0.2, 0.25) is 0 Å². The van der Waals surface area contributed by atoms with E-state index < -0.39 is 35.5 Å². The van der Waals surface area contributed by atoms with Crippen LogP contribution >= 0.6 is 0 Å². The summed E-state index contributed by atoms with van der Waals surface area (Å²) >= 11 is 0. The van der Waals surface area contributed by atoms with Crippen LogP contribution < -0.4 is 10.6 Å². The molecule has 2 N–H and O–H groups in total. The van der Waals surface area contributed by atoms with E-state index in [0.717, 1.165) is 12.1 Å². The Morgan fingerprint density at radius 2 is 1.96 bits per heavy atom. The molecule has 1 heterocycles. The molecule has 0 aliphatic carbocycles. The summed E-state index contributed by atoms with van der Waals surface area (Å²) in [5, 5.41) is 4.87. The summed E-state index contributed by atoms with van der Waals surface area (Å²) in [7, 11) is 0. The van der Waals surface area contributed by atoms with Gasteiger partial charge >= 0.3 is 5.97 Å². The van der Waals surface area contributed by atoms with E-state index in [2.05, 4.69) is 10.6 Å². The molecule has 9 heteroatoms. The number of furan rings is 1. The summed E-state index contributed by atoms with van der Waals surface area (Å²) in [5.41, 5.74) is -0.338. The number of nitrogens with one attached hydrogen (secondary N) is 2. The maximum atomic E-state index is 13.5. The highest BCUT2D eigenvalue weighted by molar-refractivity contribution is 5.94. The van der Waals surface area contributed by atoms with Crippen molar-refractivity contribution in [3.8, 4) is 0 Å². The molecule has 7 nitrogen and oxygen atoms in total. The molecule has 1 aromatic heterocycles. The van der Waals surface area contributed by atoms with E-state index in [9.17, 15) is 23.2 Å². The van der Waals surface area contributed by atoms with Crippen molar-refractivity contribution in [2.45, 2.75) is 26.0 Å². The van der Waals surface area contributed by atoms with E-state index in [1.807, 2.05) is 0 Å². The monoisotopic (exact) mass is 380 g/mol. The molecule has 0 radical (unpaired) electrons. The Kier molecular flexibility index (Phi) is 7.04. The van der Waals surface area contributed by atoms with Crippen LogP contribution in [0, 0.1) is 11.6 Å². The van der Waals surface area contributed by atoms with Crippen LogP contribution in [0.2, 0.25) is 0 Å². The molecule has 0 bridgehead atoms. The average molecular weight is 380 g/mol. The number of halogens is 2. The predicted molar refractivity (Wildman–Crippen MR) is 89.4 cm³/mol. The molecule has 144 valence electrons. The molecular formula is C18H18F2N2O5. The summed E-state index contributed by atoms with van der Waals surface area (Å²) in [5.74, 6) is -3.25. The Bertz CT molecular complexity index is 808. The smallest absolute Gasteiger partial charge is 0.308 e. The van der Waals surface area contributed by atoms with Crippen molar-refractivity contribution in [1.29, 1.82) is 0 Å². The summed E-state index contributed by atoms with van der Waals surface area (Å²) in [4.78, 5) is 35.3. The molecule has 0 saturated heterocycles. The standard InChI is InChI=1S/C18H18F2N2O5/c1-11(17(24)22-10-13-3-2-8-26-13)27-16(23)6-7-21-18(25)14-5-4-12(19)9-15(14)20/h2-5,8-9,11H,6-7,10H2,1H3,(H,21,25)(H,22,24). The molecule has 27 heavy (non-hydrogen) atoms. The Hall–Kier alpha value is -3.23. The van der Waals surface area contributed by atoms with Crippen LogP contribution in [0.4, 0.5) is 8.78 Å². The van der Waals surface area contributed by atoms with E-state index >= 15 is 0 Å². The van der Waals surface area contributed by atoms with Crippen molar-refractivity contribution >= 4 is 17.8 Å². The van der Waals surface area contributed by atoms with Crippen molar-refractivity contribution in [1.82, 2.24) is 10.6 Å². The number of carbonyl (C=O) groups is 3. The molecule has 2 aromatic rings. The normalized spacial score (nSPS) is 11.5. The SMILES string of the molecule is CC(OC(=O)CCNC(=O)c1ccc(F)cc1F)C(=O)NCc1ccco1. The minimum absolute atomic E-state index is 0.130. The molecular weight excluding hydrogens is 362 g/mol. The number of carbonyl (C=O) groups excluding carboxylic acids is 3. The van der Waals surface area contributed by atoms with E-state index in [1.54, 1.807) is 12.1 Å². The minimum atomic E-state index is -1.03. The number of hydrogen-bond donors (Lipinski definition) is 2. The number of amides is 2. The fourth-order valence-electron chi connectivity index (χ4n) is 2.09. The van der Waals surface area contributed by atoms with Gasteiger partial charge in [-0.1, -0.05) is 0 Å². The Balaban J connectivity index is 1.70. The molecule has 2 amide bonds. The third-order valence-corrected chi connectivity index (χ3v) is 3.48. The highest BCUT2D eigenvalue weighted by Crippen LogP contribution is 2.09. The van der Waals surface area contributed by atoms with Crippen molar-refractivity contribution in [2.24, 2.45) is 0 Å². The van der Waals surface area contributed by atoms with Gasteiger partial charge in [-0.05, 0) is 31.2 Å². The molecule has 0 aliphatic heterocycles. The highest BCUT2D eigenvalue weighted by atomic mass is 19.1. The Morgan fingerprint density at radius 3 is 2.63 bits per heavy atom. The molecule has 1 unspecified atom stereocenters. The lowest BCUT2D eigenvalue weighted by molar-refractivity contribution is -0.154. The van der Waals surface area contributed by atoms with Gasteiger partial charge in [0, 0.05) is 12.6 Å². The first-order valence-corrected chi connectivity index (χ1v) is 8.09. The second-order valence-corrected chi connectivity index (χ2v) is 5.56. The van der Waals surface area contributed by atoms with Crippen molar-refractivity contribution in [3.63, 3.8) is 0 Å². The lowest BCUT2D eigenvalue weighted by atomic mass is 10.2. The molecule has 1 atom stereocenters. The Morgan fingerprint density at radius 1 is 1.19 bits per heavy atom. The quantitative estimate of drug-likeness (QED) is 0.682. The van der Waals surface area contributed by atoms with E-state index in [1.165, 1.54) is 13.2 Å². The first-order valence-electron chi connectivity index (χ1n) is 8.09. The summed E-state index contributed by atoms with van der Waals surface area (Å²) in [6, 6.07) is 5.91. The molecule has 0 fully saturated rings. The second kappa shape index (κ2) is 9.46. The topological polar surface area (TPSA) is 97.6 Å². The summed E-state index contributed by atoms with van der Waals surface area (Å²) < 4.78 is 36.3. The predicted octanol–water partition coefficient (Wildman–Crippen LogP) is 1.93. The van der Waals surface area contributed by atoms with Crippen molar-refractivity contribution < 1.29 is 32.3 Å². The lowest BCUT2D eigenvalue weighted by Gasteiger charge is -2.13. The number of ether oxygens (including phenoxy) is 1. The zero-order chi connectivity index (χ0) is 19.8. The van der Waals surface area contributed by atoms with Gasteiger partial charge in [0.1, 0.15) is 17.4 Å². The van der Waals surface area contributed by atoms with Gasteiger partial charge in [-0.2, -0.15) is 0 Å². The number of benzene rings is 1. The van der Waals surface area contributed by atoms with Gasteiger partial charge in [0.25, 0.3) is 11.8 Å². The highest BCUT2D eigenvalue weighted by Gasteiger charge is 2.18. The zero-order valence-corrected chi connectivity index (χ0v) is 14.5. The first-order chi connectivity index (χ1) is 12.9. The fourth-order valence-corrected chi connectivity index (χ4v) is 2.09. The van der Waals surface area contributed by atoms with Crippen LogP contribution in [0.1, 0.15) is 29.5 Å². The van der Waals surface area contributed by atoms with E-state index in [-0.39, 0.29) is 25.1 Å². The van der Waals surface area contributed by atoms with Gasteiger partial charge < -0.3 is 19.8 Å². The van der Waals surface area contributed by atoms with Gasteiger partial charge in [-0.25, -0.2) is 8.78 Å². The third kappa shape index (κ3) is 6.21. The molecule has 0 saturated carbocycles. The molecule has 0 spiro atoms. The van der Waals surface area contributed by atoms with E-state index in [0.29, 0.717) is 11.8 Å². The van der Waals surface area contributed by atoms with E-state index in [4.69, 9.17) is 9.15 Å². The second-order valence-electron chi connectivity index (χ2n) is 5.56. The summed E-state index contributed by atoms with van der Waals surface area (Å²) in [6.07, 6.45) is 0.221. The number of esters is 1. The third-order valence-electron chi connectivity index (χ3n) is 3.48. The van der Waals surface area contributed by atoms with Crippen LogP contribution in [-0.2, 0) is 20.9 Å². The zero-order valence-electron chi connectivity index (χ0n) is 14.5. The van der Waals surface area contributed by atoms with Gasteiger partial charge in [-0.3, -0.25) is 14.4 Å². The van der Waals surface area contributed by atoms with Gasteiger partial charge in [0.15, 0.2) is 6.10 Å². The maximum absolute atomic E-state index is 13.5. The Labute approximate surface area is 153 Å². The molecule has 1 aromatic carbocycles. The van der Waals surface area contributed by atoms with Crippen LogP contribution in [0.15, 0.2) is 41.0 Å². The number of rotatable bonds is 8. The van der Waals surface area contributed by atoms with Crippen LogP contribution in [0.5, 0.6) is 0 Å². The van der Waals surface area contributed by atoms with Gasteiger partial charge in [-0.15, -0.1) is 0 Å². The minimum Gasteiger partial charge on any atom is -0.467 e. The largest absolute Gasteiger partial charge is 0.467 e. The molecule has 0 aliphatic rings. The maximum Gasteiger partial charge on any atom is 0.308 e. The molecule has 2 rings (SSSR count). The van der Waals surface area contributed by atoms with Gasteiger partial charge in [0.05, 0.1) is 24.8 Å². The fraction of sp³-hybridized carbons (Fsp3) is 0.278. The average Bonchev–Trinajstić information content (AvgIpc) is 3.12. The van der Waals surface area contributed by atoms with Crippen LogP contribution in [-0.4, -0.2) is 30.4 Å². The van der Waals surface area contributed by atoms with Crippen LogP contribution in [0.25, 0.3) is 0 Å². The van der Waals surface area contributed by atoms with Crippen molar-refractivity contribution in [2.75, 3.05) is 6.54 Å². The number of hydrogen-bond acceptors (Lipinski definition) is 5. The summed E-state index contributed by atoms with van der Waals surface area (Å²) in [6.45, 7) is 1.43. The van der Waals surface area contributed by atoms with Crippen molar-refractivity contribution in [3.05, 3.63) is 59.6 Å².